The Morgan fingerprint density at radius 2 is 2.06 bits per heavy atom. The van der Waals surface area contributed by atoms with Crippen LogP contribution in [-0.2, 0) is 0 Å². The lowest BCUT2D eigenvalue weighted by Crippen LogP contribution is -2.24. The normalized spacial score (nSPS) is 11.3. The predicted molar refractivity (Wildman–Crippen MR) is 79.6 cm³/mol. The summed E-state index contributed by atoms with van der Waals surface area (Å²) < 4.78 is 0. The summed E-state index contributed by atoms with van der Waals surface area (Å²) in [5.74, 6) is 0. The summed E-state index contributed by atoms with van der Waals surface area (Å²) in [6.07, 6.45) is 1.13. The number of anilines is 1. The Balaban J connectivity index is 2.94. The maximum Gasteiger partial charge on any atom is 0.106 e. The van der Waals surface area contributed by atoms with Crippen molar-refractivity contribution in [2.75, 3.05) is 11.9 Å². The molecule has 0 saturated carbocycles. The van der Waals surface area contributed by atoms with Crippen molar-refractivity contribution in [3.8, 4) is 0 Å². The van der Waals surface area contributed by atoms with Gasteiger partial charge in [0.2, 0.25) is 0 Å². The van der Waals surface area contributed by atoms with E-state index < -0.39 is 0 Å². The highest BCUT2D eigenvalue weighted by molar-refractivity contribution is 7.80. The monoisotopic (exact) mass is 250 g/mol. The lowest BCUT2D eigenvalue weighted by atomic mass is 9.90. The van der Waals surface area contributed by atoms with Gasteiger partial charge in [-0.15, -0.1) is 0 Å². The Morgan fingerprint density at radius 3 is 2.59 bits per heavy atom. The van der Waals surface area contributed by atoms with E-state index in [1.807, 2.05) is 12.1 Å². The van der Waals surface area contributed by atoms with Gasteiger partial charge >= 0.3 is 0 Å². The van der Waals surface area contributed by atoms with Crippen LogP contribution in [-0.4, -0.2) is 11.5 Å². The van der Waals surface area contributed by atoms with Gasteiger partial charge in [0.15, 0.2) is 0 Å². The van der Waals surface area contributed by atoms with Crippen molar-refractivity contribution in [3.05, 3.63) is 29.3 Å². The third-order valence-electron chi connectivity index (χ3n) is 3.24. The third kappa shape index (κ3) is 3.70. The SMILES string of the molecule is CCC(C)(C)CNc1c(C)cccc1C(N)=S. The van der Waals surface area contributed by atoms with Crippen molar-refractivity contribution in [2.24, 2.45) is 11.1 Å². The predicted octanol–water partition coefficient (Wildman–Crippen LogP) is 3.48. The molecule has 1 rings (SSSR count). The Labute approximate surface area is 110 Å². The molecule has 94 valence electrons. The van der Waals surface area contributed by atoms with E-state index in [4.69, 9.17) is 18.0 Å². The Morgan fingerprint density at radius 1 is 1.41 bits per heavy atom. The molecule has 1 aromatic rings. The summed E-state index contributed by atoms with van der Waals surface area (Å²) in [5.41, 5.74) is 9.21. The van der Waals surface area contributed by atoms with Crippen LogP contribution < -0.4 is 11.1 Å². The first-order valence-electron chi connectivity index (χ1n) is 6.00. The second kappa shape index (κ2) is 5.50. The lowest BCUT2D eigenvalue weighted by Gasteiger charge is -2.25. The molecule has 0 aliphatic heterocycles. The molecule has 0 aliphatic rings. The zero-order chi connectivity index (χ0) is 13.1. The van der Waals surface area contributed by atoms with E-state index in [2.05, 4.69) is 39.1 Å². The van der Waals surface area contributed by atoms with Crippen LogP contribution in [0.15, 0.2) is 18.2 Å². The van der Waals surface area contributed by atoms with Crippen molar-refractivity contribution < 1.29 is 0 Å². The number of hydrogen-bond acceptors (Lipinski definition) is 2. The van der Waals surface area contributed by atoms with Crippen molar-refractivity contribution in [2.45, 2.75) is 34.1 Å². The summed E-state index contributed by atoms with van der Waals surface area (Å²) in [4.78, 5) is 0.450. The molecular formula is C14H22N2S. The van der Waals surface area contributed by atoms with E-state index in [-0.39, 0.29) is 5.41 Å². The van der Waals surface area contributed by atoms with Crippen LogP contribution in [0.2, 0.25) is 0 Å². The van der Waals surface area contributed by atoms with Gasteiger partial charge in [0.05, 0.1) is 0 Å². The minimum atomic E-state index is 0.274. The number of para-hydroxylation sites is 1. The van der Waals surface area contributed by atoms with Crippen molar-refractivity contribution in [1.29, 1.82) is 0 Å². The first-order chi connectivity index (χ1) is 7.87. The van der Waals surface area contributed by atoms with E-state index in [1.54, 1.807) is 0 Å². The zero-order valence-electron chi connectivity index (χ0n) is 11.1. The molecule has 0 fully saturated rings. The number of aryl methyl sites for hydroxylation is 1. The number of thiocarbonyl (C=S) groups is 1. The van der Waals surface area contributed by atoms with E-state index in [9.17, 15) is 0 Å². The average Bonchev–Trinajstić information content (AvgIpc) is 2.27. The Kier molecular flexibility index (Phi) is 4.52. The topological polar surface area (TPSA) is 38.0 Å². The molecule has 0 spiro atoms. The lowest BCUT2D eigenvalue weighted by molar-refractivity contribution is 0.377. The first kappa shape index (κ1) is 14.0. The summed E-state index contributed by atoms with van der Waals surface area (Å²) in [7, 11) is 0. The van der Waals surface area contributed by atoms with Gasteiger partial charge in [0, 0.05) is 17.8 Å². The highest BCUT2D eigenvalue weighted by Gasteiger charge is 2.16. The standard InChI is InChI=1S/C14H22N2S/c1-5-14(3,4)9-16-12-10(2)7-6-8-11(12)13(15)17/h6-8,16H,5,9H2,1-4H3,(H2,15,17). The van der Waals surface area contributed by atoms with Gasteiger partial charge in [0.1, 0.15) is 4.99 Å². The largest absolute Gasteiger partial charge is 0.389 e. The summed E-state index contributed by atoms with van der Waals surface area (Å²) >= 11 is 5.08. The van der Waals surface area contributed by atoms with Crippen molar-refractivity contribution >= 4 is 22.9 Å². The Hall–Kier alpha value is -1.09. The molecule has 3 N–H and O–H groups in total. The minimum Gasteiger partial charge on any atom is -0.389 e. The molecule has 17 heavy (non-hydrogen) atoms. The van der Waals surface area contributed by atoms with E-state index in [0.717, 1.165) is 24.2 Å². The second-order valence-corrected chi connectivity index (χ2v) is 5.67. The van der Waals surface area contributed by atoms with Crippen LogP contribution in [0.3, 0.4) is 0 Å². The van der Waals surface area contributed by atoms with Gasteiger partial charge in [0.25, 0.3) is 0 Å². The molecule has 0 aliphatic carbocycles. The van der Waals surface area contributed by atoms with Crippen LogP contribution in [0.25, 0.3) is 0 Å². The highest BCUT2D eigenvalue weighted by atomic mass is 32.1. The van der Waals surface area contributed by atoms with E-state index in [0.29, 0.717) is 4.99 Å². The van der Waals surface area contributed by atoms with Crippen molar-refractivity contribution in [3.63, 3.8) is 0 Å². The van der Waals surface area contributed by atoms with Gasteiger partial charge in [-0.25, -0.2) is 0 Å². The maximum atomic E-state index is 5.75. The molecule has 0 aromatic heterocycles. The molecule has 0 saturated heterocycles. The number of hydrogen-bond donors (Lipinski definition) is 2. The number of benzene rings is 1. The fraction of sp³-hybridized carbons (Fsp3) is 0.500. The van der Waals surface area contributed by atoms with E-state index >= 15 is 0 Å². The van der Waals surface area contributed by atoms with Crippen LogP contribution in [0.5, 0.6) is 0 Å². The van der Waals surface area contributed by atoms with Crippen LogP contribution in [0.4, 0.5) is 5.69 Å². The average molecular weight is 250 g/mol. The number of nitrogens with one attached hydrogen (secondary N) is 1. The molecule has 1 aromatic carbocycles. The smallest absolute Gasteiger partial charge is 0.106 e. The minimum absolute atomic E-state index is 0.274. The fourth-order valence-electron chi connectivity index (χ4n) is 1.56. The quantitative estimate of drug-likeness (QED) is 0.786. The molecule has 3 heteroatoms. The molecular weight excluding hydrogens is 228 g/mol. The van der Waals surface area contributed by atoms with E-state index in [1.165, 1.54) is 5.56 Å². The van der Waals surface area contributed by atoms with Crippen molar-refractivity contribution in [1.82, 2.24) is 0 Å². The molecule has 0 amide bonds. The summed E-state index contributed by atoms with van der Waals surface area (Å²) in [6, 6.07) is 6.03. The maximum absolute atomic E-state index is 5.75. The van der Waals surface area contributed by atoms with Crippen LogP contribution >= 0.6 is 12.2 Å². The zero-order valence-corrected chi connectivity index (χ0v) is 11.9. The van der Waals surface area contributed by atoms with Crippen LogP contribution in [0.1, 0.15) is 38.3 Å². The first-order valence-corrected chi connectivity index (χ1v) is 6.41. The molecule has 0 heterocycles. The molecule has 0 radical (unpaired) electrons. The molecule has 0 atom stereocenters. The summed E-state index contributed by atoms with van der Waals surface area (Å²) in [6.45, 7) is 9.69. The van der Waals surface area contributed by atoms with Gasteiger partial charge < -0.3 is 11.1 Å². The number of nitrogens with two attached hydrogens (primary N) is 1. The third-order valence-corrected chi connectivity index (χ3v) is 3.46. The second-order valence-electron chi connectivity index (χ2n) is 5.23. The molecule has 2 nitrogen and oxygen atoms in total. The molecule has 0 bridgehead atoms. The van der Waals surface area contributed by atoms with Gasteiger partial charge in [-0.3, -0.25) is 0 Å². The van der Waals surface area contributed by atoms with Gasteiger partial charge in [-0.2, -0.15) is 0 Å². The highest BCUT2D eigenvalue weighted by Crippen LogP contribution is 2.25. The van der Waals surface area contributed by atoms with Crippen LogP contribution in [0, 0.1) is 12.3 Å². The Bertz CT molecular complexity index is 411. The summed E-state index contributed by atoms with van der Waals surface area (Å²) in [5, 5.41) is 3.49. The van der Waals surface area contributed by atoms with Gasteiger partial charge in [-0.1, -0.05) is 45.1 Å². The fourth-order valence-corrected chi connectivity index (χ4v) is 1.73. The molecule has 0 unspecified atom stereocenters. The van der Waals surface area contributed by atoms with Gasteiger partial charge in [-0.05, 0) is 30.4 Å². The number of rotatable bonds is 5.